The fraction of sp³-hybridized carbons (Fsp3) is 0.154. The largest absolute Gasteiger partial charge is 0.275 e. The minimum Gasteiger partial charge on any atom is -0.275 e. The summed E-state index contributed by atoms with van der Waals surface area (Å²) in [4.78, 5) is 3.80. The first-order chi connectivity index (χ1) is 7.47. The second-order valence-electron chi connectivity index (χ2n) is 3.08. The van der Waals surface area contributed by atoms with Gasteiger partial charge in [-0.2, -0.15) is 0 Å². The summed E-state index contributed by atoms with van der Waals surface area (Å²) in [6.07, 6.45) is 0. The molecule has 1 nitrogen and oxygen atoms in total. The Balaban J connectivity index is 0.000000144. The van der Waals surface area contributed by atoms with Gasteiger partial charge in [0, 0.05) is 12.3 Å². The number of fused-ring (bicyclic) bond motifs is 1. The van der Waals surface area contributed by atoms with E-state index in [2.05, 4.69) is 34.8 Å². The van der Waals surface area contributed by atoms with Crippen molar-refractivity contribution in [3.8, 4) is 0 Å². The monoisotopic (exact) mass is 213 g/mol. The van der Waals surface area contributed by atoms with Crippen LogP contribution in [0.15, 0.2) is 47.5 Å². The van der Waals surface area contributed by atoms with Crippen molar-refractivity contribution < 1.29 is 0 Å². The molecule has 1 aliphatic heterocycles. The van der Waals surface area contributed by atoms with Crippen molar-refractivity contribution in [2.45, 2.75) is 0 Å². The lowest BCUT2D eigenvalue weighted by Crippen LogP contribution is -1.69. The van der Waals surface area contributed by atoms with Gasteiger partial charge in [0.15, 0.2) is 0 Å². The van der Waals surface area contributed by atoms with E-state index in [0.29, 0.717) is 0 Å². The molecule has 2 heteroatoms. The zero-order valence-corrected chi connectivity index (χ0v) is 9.13. The van der Waals surface area contributed by atoms with Crippen LogP contribution in [0, 0.1) is 6.07 Å². The Morgan fingerprint density at radius 1 is 1.13 bits per heavy atom. The van der Waals surface area contributed by atoms with Crippen LogP contribution in [0.1, 0.15) is 0 Å². The van der Waals surface area contributed by atoms with Crippen LogP contribution in [0.4, 0.5) is 0 Å². The molecule has 3 rings (SSSR count). The predicted molar refractivity (Wildman–Crippen MR) is 67.5 cm³/mol. The number of rotatable bonds is 0. The van der Waals surface area contributed by atoms with E-state index in [-0.39, 0.29) is 0 Å². The van der Waals surface area contributed by atoms with Gasteiger partial charge in [0.2, 0.25) is 0 Å². The Labute approximate surface area is 94.2 Å². The summed E-state index contributed by atoms with van der Waals surface area (Å²) in [7, 11) is 0. The van der Waals surface area contributed by atoms with Crippen LogP contribution in [0.25, 0.3) is 10.8 Å². The lowest BCUT2D eigenvalue weighted by Gasteiger charge is -1.91. The Bertz CT molecular complexity index is 379. The van der Waals surface area contributed by atoms with Gasteiger partial charge in [-0.05, 0) is 16.8 Å². The Kier molecular flexibility index (Phi) is 3.80. The molecule has 0 unspecified atom stereocenters. The third-order valence-corrected chi connectivity index (χ3v) is 2.65. The number of hydrogen-bond donors (Lipinski definition) is 0. The van der Waals surface area contributed by atoms with Crippen LogP contribution in [0.2, 0.25) is 0 Å². The second kappa shape index (κ2) is 5.56. The minimum absolute atomic E-state index is 0.977. The van der Waals surface area contributed by atoms with E-state index < -0.39 is 0 Å². The van der Waals surface area contributed by atoms with Gasteiger partial charge in [-0.25, -0.2) is 0 Å². The van der Waals surface area contributed by atoms with Crippen molar-refractivity contribution in [3.63, 3.8) is 0 Å². The molecule has 2 aromatic rings. The molecule has 0 aliphatic carbocycles. The van der Waals surface area contributed by atoms with Crippen LogP contribution >= 0.6 is 11.8 Å². The maximum atomic E-state index is 3.80. The van der Waals surface area contributed by atoms with E-state index >= 15 is 0 Å². The van der Waals surface area contributed by atoms with Gasteiger partial charge in [-0.3, -0.25) is 4.99 Å². The molecule has 0 atom stereocenters. The normalized spacial score (nSPS) is 13.6. The number of benzene rings is 2. The molecule has 15 heavy (non-hydrogen) atoms. The highest BCUT2D eigenvalue weighted by molar-refractivity contribution is 8.12. The maximum absolute atomic E-state index is 3.80. The van der Waals surface area contributed by atoms with Gasteiger partial charge in [-0.1, -0.05) is 42.5 Å². The lowest BCUT2D eigenvalue weighted by atomic mass is 10.1. The Hall–Kier alpha value is -1.28. The summed E-state index contributed by atoms with van der Waals surface area (Å²) in [5.74, 6) is 1.14. The van der Waals surface area contributed by atoms with Gasteiger partial charge >= 0.3 is 0 Å². The first kappa shape index (κ1) is 10.2. The van der Waals surface area contributed by atoms with Gasteiger partial charge in [-0.15, -0.1) is 11.8 Å². The summed E-state index contributed by atoms with van der Waals surface area (Å²) < 4.78 is 0. The second-order valence-corrected chi connectivity index (χ2v) is 3.96. The summed E-state index contributed by atoms with van der Waals surface area (Å²) in [5.41, 5.74) is 2.76. The molecule has 0 N–H and O–H groups in total. The molecule has 1 heterocycles. The molecule has 74 valence electrons. The van der Waals surface area contributed by atoms with Crippen molar-refractivity contribution in [1.82, 2.24) is 0 Å². The fourth-order valence-electron chi connectivity index (χ4n) is 1.29. The van der Waals surface area contributed by atoms with Crippen LogP contribution in [-0.4, -0.2) is 17.8 Å². The number of nitrogens with zero attached hydrogens (tertiary/aromatic N) is 1. The van der Waals surface area contributed by atoms with Gasteiger partial charge in [0.25, 0.3) is 0 Å². The molecule has 0 saturated carbocycles. The van der Waals surface area contributed by atoms with Crippen LogP contribution in [-0.2, 0) is 0 Å². The highest BCUT2D eigenvalue weighted by Gasteiger charge is 1.87. The van der Waals surface area contributed by atoms with Crippen LogP contribution in [0.3, 0.4) is 0 Å². The molecule has 0 aromatic heterocycles. The van der Waals surface area contributed by atoms with E-state index in [9.17, 15) is 0 Å². The first-order valence-corrected chi connectivity index (χ1v) is 5.84. The zero-order chi connectivity index (χ0) is 10.3. The topological polar surface area (TPSA) is 12.4 Å². The van der Waals surface area contributed by atoms with Crippen LogP contribution < -0.4 is 0 Å². The quantitative estimate of drug-likeness (QED) is 0.654. The molecule has 1 aliphatic rings. The Morgan fingerprint density at radius 2 is 2.00 bits per heavy atom. The third kappa shape index (κ3) is 3.10. The average molecular weight is 213 g/mol. The SMILES string of the molecule is [C]1=NCCS1.[c]1cccc2ccccc12. The summed E-state index contributed by atoms with van der Waals surface area (Å²) in [5, 5.41) is 2.44. The number of thioether (sulfide) groups is 1. The molecule has 0 saturated heterocycles. The van der Waals surface area contributed by atoms with Crippen molar-refractivity contribution in [3.05, 3.63) is 48.5 Å². The minimum atomic E-state index is 0.977. The fourth-order valence-corrected chi connectivity index (χ4v) is 1.75. The summed E-state index contributed by atoms with van der Waals surface area (Å²) >= 11 is 1.66. The van der Waals surface area contributed by atoms with E-state index in [1.807, 2.05) is 24.3 Å². The van der Waals surface area contributed by atoms with Crippen molar-refractivity contribution in [1.29, 1.82) is 0 Å². The number of aliphatic imine (C=N–C) groups is 1. The molecular weight excluding hydrogens is 202 g/mol. The number of hydrogen-bond acceptors (Lipinski definition) is 2. The maximum Gasteiger partial charge on any atom is 0.122 e. The van der Waals surface area contributed by atoms with E-state index in [1.54, 1.807) is 11.8 Å². The summed E-state index contributed by atoms with van der Waals surface area (Å²) in [6, 6.07) is 17.4. The highest BCUT2D eigenvalue weighted by atomic mass is 32.2. The molecular formula is C13H11NS. The van der Waals surface area contributed by atoms with Crippen LogP contribution in [0.5, 0.6) is 0 Å². The van der Waals surface area contributed by atoms with Crippen molar-refractivity contribution in [2.24, 2.45) is 4.99 Å². The predicted octanol–water partition coefficient (Wildman–Crippen LogP) is 3.28. The van der Waals surface area contributed by atoms with E-state index in [1.165, 1.54) is 10.8 Å². The Morgan fingerprint density at radius 3 is 2.67 bits per heavy atom. The summed E-state index contributed by atoms with van der Waals surface area (Å²) in [6.45, 7) is 0.977. The molecule has 0 bridgehead atoms. The van der Waals surface area contributed by atoms with Crippen molar-refractivity contribution >= 4 is 28.1 Å². The van der Waals surface area contributed by atoms with E-state index in [4.69, 9.17) is 0 Å². The van der Waals surface area contributed by atoms with Gasteiger partial charge < -0.3 is 0 Å². The molecule has 2 radical (unpaired) electrons. The lowest BCUT2D eigenvalue weighted by molar-refractivity contribution is 1.18. The zero-order valence-electron chi connectivity index (χ0n) is 8.31. The van der Waals surface area contributed by atoms with Gasteiger partial charge in [0.05, 0.1) is 0 Å². The molecule has 2 aromatic carbocycles. The standard InChI is InChI=1S/C10H7.C3H4NS/c1-2-6-10-8-4-3-7-9(10)5-1;1-2-5-3-4-1/h1-7H;1-2H2. The average Bonchev–Trinajstić information content (AvgIpc) is 2.88. The first-order valence-electron chi connectivity index (χ1n) is 4.85. The molecule has 0 spiro atoms. The van der Waals surface area contributed by atoms with Gasteiger partial charge in [0.1, 0.15) is 5.55 Å². The molecule has 0 fully saturated rings. The molecule has 0 amide bonds. The van der Waals surface area contributed by atoms with Crippen molar-refractivity contribution in [2.75, 3.05) is 12.3 Å². The smallest absolute Gasteiger partial charge is 0.122 e. The highest BCUT2D eigenvalue weighted by Crippen LogP contribution is 2.10. The third-order valence-electron chi connectivity index (χ3n) is 2.01. The van der Waals surface area contributed by atoms with E-state index in [0.717, 1.165) is 12.3 Å².